The maximum atomic E-state index is 13.4. The molecular formula is C15H12FN3O. The Morgan fingerprint density at radius 3 is 2.70 bits per heavy atom. The SMILES string of the molecule is Cc1cc(F)cc(-c2nc(-c3ccccc3N)no2)c1. The summed E-state index contributed by atoms with van der Waals surface area (Å²) in [7, 11) is 0. The van der Waals surface area contributed by atoms with Crippen LogP contribution in [-0.2, 0) is 0 Å². The van der Waals surface area contributed by atoms with Gasteiger partial charge < -0.3 is 10.3 Å². The fourth-order valence-electron chi connectivity index (χ4n) is 2.01. The van der Waals surface area contributed by atoms with Crippen LogP contribution in [0, 0.1) is 12.7 Å². The Hall–Kier alpha value is -2.69. The summed E-state index contributed by atoms with van der Waals surface area (Å²) in [5, 5.41) is 3.89. The van der Waals surface area contributed by atoms with E-state index in [-0.39, 0.29) is 11.7 Å². The van der Waals surface area contributed by atoms with Crippen molar-refractivity contribution < 1.29 is 8.91 Å². The third kappa shape index (κ3) is 2.25. The second-order valence-corrected chi connectivity index (χ2v) is 4.53. The Bertz CT molecular complexity index is 747. The van der Waals surface area contributed by atoms with Gasteiger partial charge in [0.05, 0.1) is 0 Å². The highest BCUT2D eigenvalue weighted by molar-refractivity contribution is 5.72. The summed E-state index contributed by atoms with van der Waals surface area (Å²) < 4.78 is 18.6. The predicted molar refractivity (Wildman–Crippen MR) is 74.3 cm³/mol. The van der Waals surface area contributed by atoms with Gasteiger partial charge in [0.25, 0.3) is 5.89 Å². The van der Waals surface area contributed by atoms with E-state index in [4.69, 9.17) is 10.3 Å². The van der Waals surface area contributed by atoms with Crippen LogP contribution in [0.25, 0.3) is 22.8 Å². The molecule has 0 fully saturated rings. The van der Waals surface area contributed by atoms with E-state index >= 15 is 0 Å². The number of para-hydroxylation sites is 1. The minimum absolute atomic E-state index is 0.269. The van der Waals surface area contributed by atoms with E-state index in [2.05, 4.69) is 10.1 Å². The number of nitrogens with zero attached hydrogens (tertiary/aromatic N) is 2. The van der Waals surface area contributed by atoms with Gasteiger partial charge in [-0.15, -0.1) is 0 Å². The molecule has 100 valence electrons. The lowest BCUT2D eigenvalue weighted by Crippen LogP contribution is -1.90. The van der Waals surface area contributed by atoms with Gasteiger partial charge in [0.1, 0.15) is 5.82 Å². The zero-order valence-electron chi connectivity index (χ0n) is 10.8. The van der Waals surface area contributed by atoms with E-state index in [0.29, 0.717) is 22.6 Å². The van der Waals surface area contributed by atoms with Gasteiger partial charge in [0, 0.05) is 16.8 Å². The maximum Gasteiger partial charge on any atom is 0.258 e. The van der Waals surface area contributed by atoms with Crippen LogP contribution in [0.4, 0.5) is 10.1 Å². The highest BCUT2D eigenvalue weighted by Gasteiger charge is 2.13. The summed E-state index contributed by atoms with van der Waals surface area (Å²) in [5.74, 6) is 0.324. The summed E-state index contributed by atoms with van der Waals surface area (Å²) in [5.41, 5.74) is 8.46. The zero-order valence-corrected chi connectivity index (χ0v) is 10.8. The third-order valence-corrected chi connectivity index (χ3v) is 2.92. The number of benzene rings is 2. The molecule has 0 bridgehead atoms. The quantitative estimate of drug-likeness (QED) is 0.724. The molecule has 0 amide bonds. The molecule has 5 heteroatoms. The van der Waals surface area contributed by atoms with Crippen molar-refractivity contribution >= 4 is 5.69 Å². The van der Waals surface area contributed by atoms with E-state index in [9.17, 15) is 4.39 Å². The van der Waals surface area contributed by atoms with Crippen LogP contribution in [0.1, 0.15) is 5.56 Å². The smallest absolute Gasteiger partial charge is 0.258 e. The van der Waals surface area contributed by atoms with Crippen LogP contribution >= 0.6 is 0 Å². The van der Waals surface area contributed by atoms with Crippen LogP contribution in [-0.4, -0.2) is 10.1 Å². The molecule has 0 unspecified atom stereocenters. The lowest BCUT2D eigenvalue weighted by atomic mass is 10.1. The number of aryl methyl sites for hydroxylation is 1. The number of rotatable bonds is 2. The van der Waals surface area contributed by atoms with Crippen molar-refractivity contribution in [3.05, 3.63) is 53.8 Å². The van der Waals surface area contributed by atoms with Crippen molar-refractivity contribution in [3.8, 4) is 22.8 Å². The van der Waals surface area contributed by atoms with Crippen molar-refractivity contribution in [1.82, 2.24) is 10.1 Å². The Labute approximate surface area is 115 Å². The zero-order chi connectivity index (χ0) is 14.1. The molecule has 0 aliphatic carbocycles. The number of anilines is 1. The summed E-state index contributed by atoms with van der Waals surface area (Å²) in [6.45, 7) is 1.80. The number of nitrogen functional groups attached to an aromatic ring is 1. The van der Waals surface area contributed by atoms with Crippen molar-refractivity contribution in [1.29, 1.82) is 0 Å². The second-order valence-electron chi connectivity index (χ2n) is 4.53. The van der Waals surface area contributed by atoms with Crippen LogP contribution in [0.2, 0.25) is 0 Å². The number of halogens is 1. The molecule has 0 aliphatic heterocycles. The summed E-state index contributed by atoms with van der Waals surface area (Å²) >= 11 is 0. The summed E-state index contributed by atoms with van der Waals surface area (Å²) in [6, 6.07) is 11.8. The highest BCUT2D eigenvalue weighted by atomic mass is 19.1. The molecule has 2 N–H and O–H groups in total. The molecule has 0 saturated carbocycles. The van der Waals surface area contributed by atoms with Gasteiger partial charge in [-0.25, -0.2) is 4.39 Å². The summed E-state index contributed by atoms with van der Waals surface area (Å²) in [4.78, 5) is 4.27. The topological polar surface area (TPSA) is 64.9 Å². The molecule has 0 saturated heterocycles. The molecule has 20 heavy (non-hydrogen) atoms. The Kier molecular flexibility index (Phi) is 2.95. The van der Waals surface area contributed by atoms with Crippen molar-refractivity contribution in [2.45, 2.75) is 6.92 Å². The van der Waals surface area contributed by atoms with Crippen LogP contribution in [0.3, 0.4) is 0 Å². The predicted octanol–water partition coefficient (Wildman–Crippen LogP) is 3.43. The number of nitrogens with two attached hydrogens (primary N) is 1. The molecule has 0 atom stereocenters. The normalized spacial score (nSPS) is 10.7. The molecule has 1 aromatic heterocycles. The van der Waals surface area contributed by atoms with E-state index < -0.39 is 0 Å². The van der Waals surface area contributed by atoms with E-state index in [1.807, 2.05) is 12.1 Å². The minimum Gasteiger partial charge on any atom is -0.398 e. The first-order valence-electron chi connectivity index (χ1n) is 6.09. The first-order chi connectivity index (χ1) is 9.63. The highest BCUT2D eigenvalue weighted by Crippen LogP contribution is 2.26. The maximum absolute atomic E-state index is 13.4. The first-order valence-corrected chi connectivity index (χ1v) is 6.09. The Morgan fingerprint density at radius 2 is 1.95 bits per heavy atom. The van der Waals surface area contributed by atoms with Crippen LogP contribution in [0.15, 0.2) is 47.0 Å². The lowest BCUT2D eigenvalue weighted by Gasteiger charge is -1.99. The molecule has 0 radical (unpaired) electrons. The molecule has 0 spiro atoms. The Morgan fingerprint density at radius 1 is 1.15 bits per heavy atom. The van der Waals surface area contributed by atoms with E-state index in [1.165, 1.54) is 12.1 Å². The van der Waals surface area contributed by atoms with Gasteiger partial charge in [-0.2, -0.15) is 4.98 Å². The molecule has 0 aliphatic rings. The average molecular weight is 269 g/mol. The van der Waals surface area contributed by atoms with Gasteiger partial charge in [-0.1, -0.05) is 17.3 Å². The van der Waals surface area contributed by atoms with Crippen molar-refractivity contribution in [3.63, 3.8) is 0 Å². The molecular weight excluding hydrogens is 257 g/mol. The number of aromatic nitrogens is 2. The minimum atomic E-state index is -0.334. The molecule has 2 aromatic carbocycles. The number of hydrogen-bond acceptors (Lipinski definition) is 4. The standard InChI is InChI=1S/C15H12FN3O/c1-9-6-10(8-11(16)7-9)15-18-14(19-20-15)12-4-2-3-5-13(12)17/h2-8H,17H2,1H3. The van der Waals surface area contributed by atoms with Crippen LogP contribution < -0.4 is 5.73 Å². The van der Waals surface area contributed by atoms with Crippen molar-refractivity contribution in [2.24, 2.45) is 0 Å². The fourth-order valence-corrected chi connectivity index (χ4v) is 2.01. The van der Waals surface area contributed by atoms with Gasteiger partial charge in [-0.3, -0.25) is 0 Å². The van der Waals surface area contributed by atoms with Crippen molar-refractivity contribution in [2.75, 3.05) is 5.73 Å². The third-order valence-electron chi connectivity index (χ3n) is 2.92. The Balaban J connectivity index is 2.04. The van der Waals surface area contributed by atoms with Crippen LogP contribution in [0.5, 0.6) is 0 Å². The molecule has 1 heterocycles. The van der Waals surface area contributed by atoms with Gasteiger partial charge in [-0.05, 0) is 42.8 Å². The van der Waals surface area contributed by atoms with E-state index in [1.54, 1.807) is 25.1 Å². The largest absolute Gasteiger partial charge is 0.398 e. The van der Waals surface area contributed by atoms with Gasteiger partial charge in [0.15, 0.2) is 0 Å². The van der Waals surface area contributed by atoms with Gasteiger partial charge >= 0.3 is 0 Å². The number of hydrogen-bond donors (Lipinski definition) is 1. The fraction of sp³-hybridized carbons (Fsp3) is 0.0667. The average Bonchev–Trinajstić information content (AvgIpc) is 2.87. The molecule has 4 nitrogen and oxygen atoms in total. The second kappa shape index (κ2) is 4.77. The molecule has 3 rings (SSSR count). The summed E-state index contributed by atoms with van der Waals surface area (Å²) in [6.07, 6.45) is 0. The monoisotopic (exact) mass is 269 g/mol. The van der Waals surface area contributed by atoms with E-state index in [0.717, 1.165) is 5.56 Å². The van der Waals surface area contributed by atoms with Gasteiger partial charge in [0.2, 0.25) is 5.82 Å². The first kappa shape index (κ1) is 12.3. The molecule has 3 aromatic rings. The lowest BCUT2D eigenvalue weighted by molar-refractivity contribution is 0.432.